The quantitative estimate of drug-likeness (QED) is 0.871. The van der Waals surface area contributed by atoms with E-state index in [4.69, 9.17) is 5.73 Å². The molecule has 0 heterocycles. The summed E-state index contributed by atoms with van der Waals surface area (Å²) in [6.45, 7) is 7.05. The van der Waals surface area contributed by atoms with E-state index in [9.17, 15) is 5.11 Å². The first-order valence-electron chi connectivity index (χ1n) is 6.47. The molecular formula is C15H24BrNO. The number of aliphatic hydroxyl groups is 1. The van der Waals surface area contributed by atoms with Crippen LogP contribution in [0.2, 0.25) is 0 Å². The SMILES string of the molecule is CC(C)(C)CCC(O)C(CN)c1ccc(Br)cc1. The van der Waals surface area contributed by atoms with Gasteiger partial charge in [0.15, 0.2) is 0 Å². The number of benzene rings is 1. The molecule has 3 N–H and O–H groups in total. The predicted molar refractivity (Wildman–Crippen MR) is 80.6 cm³/mol. The summed E-state index contributed by atoms with van der Waals surface area (Å²) in [5.74, 6) is 0.0282. The Kier molecular flexibility index (Phi) is 5.83. The van der Waals surface area contributed by atoms with Crippen molar-refractivity contribution in [3.63, 3.8) is 0 Å². The summed E-state index contributed by atoms with van der Waals surface area (Å²) in [6, 6.07) is 8.05. The minimum atomic E-state index is -0.365. The first kappa shape index (κ1) is 15.7. The lowest BCUT2D eigenvalue weighted by molar-refractivity contribution is 0.120. The Morgan fingerprint density at radius 3 is 2.22 bits per heavy atom. The molecule has 2 atom stereocenters. The smallest absolute Gasteiger partial charge is 0.0621 e. The minimum Gasteiger partial charge on any atom is -0.392 e. The number of rotatable bonds is 5. The van der Waals surface area contributed by atoms with Crippen LogP contribution in [0.4, 0.5) is 0 Å². The molecule has 0 amide bonds. The molecule has 0 radical (unpaired) electrons. The van der Waals surface area contributed by atoms with Gasteiger partial charge in [0.25, 0.3) is 0 Å². The van der Waals surface area contributed by atoms with Gasteiger partial charge in [-0.05, 0) is 36.0 Å². The first-order chi connectivity index (χ1) is 8.33. The molecule has 1 aromatic carbocycles. The fourth-order valence-corrected chi connectivity index (χ4v) is 2.27. The van der Waals surface area contributed by atoms with Crippen LogP contribution in [-0.4, -0.2) is 17.8 Å². The number of nitrogens with two attached hydrogens (primary N) is 1. The van der Waals surface area contributed by atoms with Crippen molar-refractivity contribution in [2.45, 2.75) is 45.6 Å². The van der Waals surface area contributed by atoms with E-state index in [1.54, 1.807) is 0 Å². The first-order valence-corrected chi connectivity index (χ1v) is 7.26. The average Bonchev–Trinajstić information content (AvgIpc) is 2.29. The zero-order valence-electron chi connectivity index (χ0n) is 11.5. The maximum atomic E-state index is 10.3. The van der Waals surface area contributed by atoms with Crippen LogP contribution in [0, 0.1) is 5.41 Å². The third-order valence-corrected chi connectivity index (χ3v) is 3.74. The highest BCUT2D eigenvalue weighted by Crippen LogP contribution is 2.28. The highest BCUT2D eigenvalue weighted by molar-refractivity contribution is 9.10. The van der Waals surface area contributed by atoms with E-state index in [-0.39, 0.29) is 17.4 Å². The Morgan fingerprint density at radius 1 is 1.22 bits per heavy atom. The van der Waals surface area contributed by atoms with Crippen molar-refractivity contribution in [2.24, 2.45) is 11.1 Å². The van der Waals surface area contributed by atoms with Crippen LogP contribution in [0.1, 0.15) is 45.1 Å². The predicted octanol–water partition coefficient (Wildman–Crippen LogP) is 3.68. The lowest BCUT2D eigenvalue weighted by atomic mass is 9.84. The number of halogens is 1. The van der Waals surface area contributed by atoms with E-state index < -0.39 is 0 Å². The summed E-state index contributed by atoms with van der Waals surface area (Å²) in [4.78, 5) is 0. The van der Waals surface area contributed by atoms with Crippen LogP contribution in [0.15, 0.2) is 28.7 Å². The highest BCUT2D eigenvalue weighted by Gasteiger charge is 2.22. The topological polar surface area (TPSA) is 46.2 Å². The molecule has 0 aliphatic heterocycles. The van der Waals surface area contributed by atoms with E-state index in [1.165, 1.54) is 0 Å². The Morgan fingerprint density at radius 2 is 1.78 bits per heavy atom. The monoisotopic (exact) mass is 313 g/mol. The summed E-state index contributed by atoms with van der Waals surface area (Å²) in [5.41, 5.74) is 7.17. The summed E-state index contributed by atoms with van der Waals surface area (Å²) >= 11 is 3.42. The van der Waals surface area contributed by atoms with Gasteiger partial charge in [-0.1, -0.05) is 48.8 Å². The second kappa shape index (κ2) is 6.69. The van der Waals surface area contributed by atoms with Crippen molar-refractivity contribution >= 4 is 15.9 Å². The molecule has 0 aromatic heterocycles. The highest BCUT2D eigenvalue weighted by atomic mass is 79.9. The molecule has 2 unspecified atom stereocenters. The average molecular weight is 314 g/mol. The van der Waals surface area contributed by atoms with Gasteiger partial charge >= 0.3 is 0 Å². The molecule has 0 spiro atoms. The summed E-state index contributed by atoms with van der Waals surface area (Å²) in [7, 11) is 0. The Labute approximate surface area is 119 Å². The van der Waals surface area contributed by atoms with Crippen LogP contribution >= 0.6 is 15.9 Å². The van der Waals surface area contributed by atoms with Gasteiger partial charge in [-0.15, -0.1) is 0 Å². The van der Waals surface area contributed by atoms with Gasteiger partial charge < -0.3 is 10.8 Å². The standard InChI is InChI=1S/C15H24BrNO/c1-15(2,3)9-8-14(18)13(10-17)11-4-6-12(16)7-5-11/h4-7,13-14,18H,8-10,17H2,1-3H3. The summed E-state index contributed by atoms with van der Waals surface area (Å²) < 4.78 is 1.05. The van der Waals surface area contributed by atoms with E-state index in [0.717, 1.165) is 22.9 Å². The molecule has 18 heavy (non-hydrogen) atoms. The molecule has 2 nitrogen and oxygen atoms in total. The lowest BCUT2D eigenvalue weighted by Crippen LogP contribution is -2.27. The third-order valence-electron chi connectivity index (χ3n) is 3.21. The molecule has 1 aromatic rings. The molecule has 3 heteroatoms. The number of aliphatic hydroxyl groups excluding tert-OH is 1. The third kappa shape index (κ3) is 5.09. The van der Waals surface area contributed by atoms with Crippen molar-refractivity contribution in [3.05, 3.63) is 34.3 Å². The molecule has 0 aliphatic rings. The second-order valence-electron chi connectivity index (χ2n) is 6.06. The Hall–Kier alpha value is -0.380. The van der Waals surface area contributed by atoms with Gasteiger partial charge in [0.1, 0.15) is 0 Å². The Bertz CT molecular complexity index is 356. The summed E-state index contributed by atoms with van der Waals surface area (Å²) in [6.07, 6.45) is 1.43. The normalized spacial score (nSPS) is 15.4. The van der Waals surface area contributed by atoms with Crippen LogP contribution in [-0.2, 0) is 0 Å². The van der Waals surface area contributed by atoms with Gasteiger partial charge in [-0.25, -0.2) is 0 Å². The van der Waals surface area contributed by atoms with Gasteiger partial charge in [0, 0.05) is 16.9 Å². The zero-order chi connectivity index (χ0) is 13.8. The molecule has 0 fully saturated rings. The van der Waals surface area contributed by atoms with E-state index >= 15 is 0 Å². The van der Waals surface area contributed by atoms with Gasteiger partial charge in [-0.3, -0.25) is 0 Å². The van der Waals surface area contributed by atoms with Crippen LogP contribution in [0.3, 0.4) is 0 Å². The van der Waals surface area contributed by atoms with Gasteiger partial charge in [0.2, 0.25) is 0 Å². The van der Waals surface area contributed by atoms with E-state index in [1.807, 2.05) is 24.3 Å². The lowest BCUT2D eigenvalue weighted by Gasteiger charge is -2.25. The van der Waals surface area contributed by atoms with Gasteiger partial charge in [0.05, 0.1) is 6.10 Å². The zero-order valence-corrected chi connectivity index (χ0v) is 13.1. The van der Waals surface area contributed by atoms with Crippen LogP contribution in [0.25, 0.3) is 0 Å². The van der Waals surface area contributed by atoms with Crippen molar-refractivity contribution in [2.75, 3.05) is 6.54 Å². The molecule has 0 saturated heterocycles. The van der Waals surface area contributed by atoms with Crippen molar-refractivity contribution in [1.29, 1.82) is 0 Å². The Balaban J connectivity index is 2.68. The second-order valence-corrected chi connectivity index (χ2v) is 6.98. The van der Waals surface area contributed by atoms with Crippen molar-refractivity contribution < 1.29 is 5.11 Å². The molecule has 0 bridgehead atoms. The number of hydrogen-bond acceptors (Lipinski definition) is 2. The molecule has 0 saturated carbocycles. The minimum absolute atomic E-state index is 0.0282. The van der Waals surface area contributed by atoms with Gasteiger partial charge in [-0.2, -0.15) is 0 Å². The maximum absolute atomic E-state index is 10.3. The maximum Gasteiger partial charge on any atom is 0.0621 e. The number of hydrogen-bond donors (Lipinski definition) is 2. The van der Waals surface area contributed by atoms with Crippen molar-refractivity contribution in [1.82, 2.24) is 0 Å². The largest absolute Gasteiger partial charge is 0.392 e. The fourth-order valence-electron chi connectivity index (χ4n) is 2.01. The molecular weight excluding hydrogens is 290 g/mol. The fraction of sp³-hybridized carbons (Fsp3) is 0.600. The molecule has 0 aliphatic carbocycles. The van der Waals surface area contributed by atoms with Crippen LogP contribution < -0.4 is 5.73 Å². The van der Waals surface area contributed by atoms with Crippen LogP contribution in [0.5, 0.6) is 0 Å². The molecule has 102 valence electrons. The molecule has 1 rings (SSSR count). The summed E-state index contributed by atoms with van der Waals surface area (Å²) in [5, 5.41) is 10.3. The van der Waals surface area contributed by atoms with Crippen molar-refractivity contribution in [3.8, 4) is 0 Å². The van der Waals surface area contributed by atoms with E-state index in [2.05, 4.69) is 36.7 Å². The van der Waals surface area contributed by atoms with E-state index in [0.29, 0.717) is 6.54 Å².